The Bertz CT molecular complexity index is 376. The van der Waals surface area contributed by atoms with Crippen LogP contribution in [-0.2, 0) is 0 Å². The number of non-ortho nitro benzene ring substituents is 1. The summed E-state index contributed by atoms with van der Waals surface area (Å²) >= 11 is 5.40. The molecule has 1 N–H and O–H groups in total. The van der Waals surface area contributed by atoms with E-state index >= 15 is 0 Å². The van der Waals surface area contributed by atoms with Gasteiger partial charge in [0.05, 0.1) is 4.92 Å². The van der Waals surface area contributed by atoms with Gasteiger partial charge < -0.3 is 5.11 Å². The number of nitro benzene ring substituents is 1. The number of benzene rings is 1. The van der Waals surface area contributed by atoms with E-state index in [-0.39, 0.29) is 11.4 Å². The molecule has 0 fully saturated rings. The van der Waals surface area contributed by atoms with Crippen LogP contribution in [0.1, 0.15) is 5.56 Å². The van der Waals surface area contributed by atoms with Crippen molar-refractivity contribution in [2.75, 3.05) is 5.88 Å². The highest BCUT2D eigenvalue weighted by molar-refractivity contribution is 6.19. The van der Waals surface area contributed by atoms with E-state index in [4.69, 9.17) is 11.6 Å². The molecule has 0 aliphatic heterocycles. The number of halogens is 1. The van der Waals surface area contributed by atoms with Crippen LogP contribution in [0.25, 0.3) is 6.08 Å². The molecule has 0 aliphatic rings. The molecule has 1 aromatic rings. The van der Waals surface area contributed by atoms with Gasteiger partial charge in [0.2, 0.25) is 0 Å². The second-order valence-corrected chi connectivity index (χ2v) is 2.87. The highest BCUT2D eigenvalue weighted by atomic mass is 35.5. The Hall–Kier alpha value is -1.55. The summed E-state index contributed by atoms with van der Waals surface area (Å²) in [5.41, 5.74) is 0.330. The Morgan fingerprint density at radius 2 is 2.29 bits per heavy atom. The molecule has 74 valence electrons. The zero-order valence-corrected chi connectivity index (χ0v) is 7.94. The molecule has 0 aromatic heterocycles. The van der Waals surface area contributed by atoms with E-state index in [1.54, 1.807) is 6.08 Å². The number of aromatic hydroxyl groups is 1. The highest BCUT2D eigenvalue weighted by Crippen LogP contribution is 2.23. The minimum Gasteiger partial charge on any atom is -0.507 e. The number of alkyl halides is 1. The fourth-order valence-electron chi connectivity index (χ4n) is 0.960. The van der Waals surface area contributed by atoms with E-state index in [1.165, 1.54) is 24.3 Å². The van der Waals surface area contributed by atoms with Gasteiger partial charge in [0.1, 0.15) is 5.75 Å². The van der Waals surface area contributed by atoms with Crippen molar-refractivity contribution in [3.05, 3.63) is 40.0 Å². The van der Waals surface area contributed by atoms with Gasteiger partial charge in [0.25, 0.3) is 5.69 Å². The number of phenols is 1. The van der Waals surface area contributed by atoms with E-state index in [9.17, 15) is 15.2 Å². The van der Waals surface area contributed by atoms with Crippen molar-refractivity contribution in [1.29, 1.82) is 0 Å². The van der Waals surface area contributed by atoms with E-state index < -0.39 is 4.92 Å². The van der Waals surface area contributed by atoms with E-state index in [0.29, 0.717) is 11.4 Å². The molecule has 0 spiro atoms. The maximum atomic E-state index is 10.4. The predicted molar refractivity (Wildman–Crippen MR) is 54.5 cm³/mol. The molecule has 0 saturated heterocycles. The summed E-state index contributed by atoms with van der Waals surface area (Å²) in [6.07, 6.45) is 3.13. The van der Waals surface area contributed by atoms with Crippen molar-refractivity contribution in [2.24, 2.45) is 0 Å². The Morgan fingerprint density at radius 1 is 1.57 bits per heavy atom. The molecule has 14 heavy (non-hydrogen) atoms. The topological polar surface area (TPSA) is 63.4 Å². The molecule has 0 aliphatic carbocycles. The second-order valence-electron chi connectivity index (χ2n) is 2.56. The lowest BCUT2D eigenvalue weighted by molar-refractivity contribution is -0.384. The summed E-state index contributed by atoms with van der Waals surface area (Å²) in [6, 6.07) is 3.82. The number of rotatable bonds is 3. The van der Waals surface area contributed by atoms with Crippen molar-refractivity contribution >= 4 is 23.4 Å². The molecule has 1 aromatic carbocycles. The largest absolute Gasteiger partial charge is 0.507 e. The van der Waals surface area contributed by atoms with E-state index in [0.717, 1.165) is 0 Å². The molecule has 0 saturated carbocycles. The second kappa shape index (κ2) is 4.62. The van der Waals surface area contributed by atoms with Crippen LogP contribution >= 0.6 is 11.6 Å². The fraction of sp³-hybridized carbons (Fsp3) is 0.111. The van der Waals surface area contributed by atoms with Crippen LogP contribution in [0.15, 0.2) is 24.3 Å². The van der Waals surface area contributed by atoms with Crippen LogP contribution in [0.3, 0.4) is 0 Å². The maximum Gasteiger partial charge on any atom is 0.270 e. The van der Waals surface area contributed by atoms with Crippen molar-refractivity contribution < 1.29 is 10.0 Å². The standard InChI is InChI=1S/C9H8ClNO3/c10-5-1-2-7-6-8(11(13)14)3-4-9(7)12/h1-4,6,12H,5H2. The fourth-order valence-corrected chi connectivity index (χ4v) is 1.05. The van der Waals surface area contributed by atoms with Gasteiger partial charge in [0, 0.05) is 23.6 Å². The average molecular weight is 214 g/mol. The van der Waals surface area contributed by atoms with Crippen LogP contribution in [-0.4, -0.2) is 15.9 Å². The van der Waals surface area contributed by atoms with Gasteiger partial charge in [-0.2, -0.15) is 0 Å². The third-order valence-electron chi connectivity index (χ3n) is 1.61. The minimum absolute atomic E-state index is 0.00281. The zero-order valence-electron chi connectivity index (χ0n) is 7.18. The first-order valence-electron chi connectivity index (χ1n) is 3.85. The van der Waals surface area contributed by atoms with Crippen molar-refractivity contribution in [2.45, 2.75) is 0 Å². The number of nitrogens with zero attached hydrogens (tertiary/aromatic N) is 1. The van der Waals surface area contributed by atoms with Crippen LogP contribution in [0.4, 0.5) is 5.69 Å². The lowest BCUT2D eigenvalue weighted by atomic mass is 10.1. The number of hydrogen-bond acceptors (Lipinski definition) is 3. The van der Waals surface area contributed by atoms with Crippen molar-refractivity contribution in [3.8, 4) is 5.75 Å². The number of nitro groups is 1. The Labute approximate surface area is 85.6 Å². The molecule has 4 nitrogen and oxygen atoms in total. The molecule has 0 amide bonds. The van der Waals surface area contributed by atoms with Gasteiger partial charge in [-0.15, -0.1) is 11.6 Å². The Balaban J connectivity index is 3.08. The highest BCUT2D eigenvalue weighted by Gasteiger charge is 2.07. The lowest BCUT2D eigenvalue weighted by Gasteiger charge is -1.98. The summed E-state index contributed by atoms with van der Waals surface area (Å²) in [4.78, 5) is 9.90. The lowest BCUT2D eigenvalue weighted by Crippen LogP contribution is -1.88. The monoisotopic (exact) mass is 213 g/mol. The van der Waals surface area contributed by atoms with Crippen LogP contribution in [0, 0.1) is 10.1 Å². The first-order chi connectivity index (χ1) is 6.65. The number of phenolic OH excluding ortho intramolecular Hbond substituents is 1. The van der Waals surface area contributed by atoms with Crippen LogP contribution in [0.2, 0.25) is 0 Å². The average Bonchev–Trinajstić information content (AvgIpc) is 2.16. The molecular formula is C9H8ClNO3. The van der Waals surface area contributed by atoms with Gasteiger partial charge in [-0.25, -0.2) is 0 Å². The van der Waals surface area contributed by atoms with Crippen molar-refractivity contribution in [3.63, 3.8) is 0 Å². The Kier molecular flexibility index (Phi) is 3.48. The molecule has 0 atom stereocenters. The van der Waals surface area contributed by atoms with Gasteiger partial charge in [-0.05, 0) is 6.07 Å². The van der Waals surface area contributed by atoms with E-state index in [1.807, 2.05) is 0 Å². The summed E-state index contributed by atoms with van der Waals surface area (Å²) in [6.45, 7) is 0. The first-order valence-corrected chi connectivity index (χ1v) is 4.38. The Morgan fingerprint density at radius 3 is 2.86 bits per heavy atom. The predicted octanol–water partition coefficient (Wildman–Crippen LogP) is 2.55. The van der Waals surface area contributed by atoms with Crippen LogP contribution in [0.5, 0.6) is 5.75 Å². The smallest absolute Gasteiger partial charge is 0.270 e. The maximum absolute atomic E-state index is 10.4. The summed E-state index contributed by atoms with van der Waals surface area (Å²) in [5, 5.41) is 19.7. The van der Waals surface area contributed by atoms with E-state index in [2.05, 4.69) is 0 Å². The summed E-state index contributed by atoms with van der Waals surface area (Å²) < 4.78 is 0. The molecule has 5 heteroatoms. The molecule has 0 unspecified atom stereocenters. The van der Waals surface area contributed by atoms with Crippen molar-refractivity contribution in [1.82, 2.24) is 0 Å². The van der Waals surface area contributed by atoms with Crippen LogP contribution < -0.4 is 0 Å². The normalized spacial score (nSPS) is 10.6. The first kappa shape index (κ1) is 10.5. The molecular weight excluding hydrogens is 206 g/mol. The van der Waals surface area contributed by atoms with Gasteiger partial charge in [-0.1, -0.05) is 12.2 Å². The number of allylic oxidation sites excluding steroid dienone is 1. The third-order valence-corrected chi connectivity index (χ3v) is 1.79. The molecule has 0 bridgehead atoms. The quantitative estimate of drug-likeness (QED) is 0.477. The summed E-state index contributed by atoms with van der Waals surface area (Å²) in [7, 11) is 0. The molecule has 1 rings (SSSR count). The third kappa shape index (κ3) is 2.47. The summed E-state index contributed by atoms with van der Waals surface area (Å²) in [5.74, 6) is 0.291. The van der Waals surface area contributed by atoms with Gasteiger partial charge >= 0.3 is 0 Å². The minimum atomic E-state index is -0.516. The van der Waals surface area contributed by atoms with Gasteiger partial charge in [-0.3, -0.25) is 10.1 Å². The molecule has 0 heterocycles. The SMILES string of the molecule is O=[N+]([O-])c1ccc(O)c(C=CCCl)c1. The number of hydrogen-bond donors (Lipinski definition) is 1. The zero-order chi connectivity index (χ0) is 10.6. The van der Waals surface area contributed by atoms with Gasteiger partial charge in [0.15, 0.2) is 0 Å². The molecule has 0 radical (unpaired) electrons.